The molecule has 0 aliphatic rings. The van der Waals surface area contributed by atoms with Gasteiger partial charge in [0.05, 0.1) is 4.90 Å². The van der Waals surface area contributed by atoms with Crippen LogP contribution < -0.4 is 10.0 Å². The third-order valence-corrected chi connectivity index (χ3v) is 5.89. The molecule has 30 heavy (non-hydrogen) atoms. The van der Waals surface area contributed by atoms with Gasteiger partial charge in [-0.3, -0.25) is 9.52 Å². The van der Waals surface area contributed by atoms with Gasteiger partial charge in [0.1, 0.15) is 18.0 Å². The molecule has 3 aromatic rings. The van der Waals surface area contributed by atoms with Gasteiger partial charge in [-0.1, -0.05) is 0 Å². The van der Waals surface area contributed by atoms with Crippen LogP contribution in [0.3, 0.4) is 0 Å². The molecule has 1 amide bonds. The fourth-order valence-electron chi connectivity index (χ4n) is 2.81. The second kappa shape index (κ2) is 9.04. The van der Waals surface area contributed by atoms with Crippen molar-refractivity contribution < 1.29 is 17.6 Å². The number of aromatic nitrogens is 3. The summed E-state index contributed by atoms with van der Waals surface area (Å²) in [6, 6.07) is 9.62. The fourth-order valence-corrected chi connectivity index (χ4v) is 3.96. The van der Waals surface area contributed by atoms with Gasteiger partial charge < -0.3 is 9.88 Å². The van der Waals surface area contributed by atoms with Gasteiger partial charge in [-0.2, -0.15) is 0 Å². The van der Waals surface area contributed by atoms with Crippen molar-refractivity contribution in [3.8, 4) is 0 Å². The van der Waals surface area contributed by atoms with E-state index in [2.05, 4.69) is 20.2 Å². The van der Waals surface area contributed by atoms with E-state index in [4.69, 9.17) is 0 Å². The predicted octanol–water partition coefficient (Wildman–Crippen LogP) is 2.52. The van der Waals surface area contributed by atoms with Crippen molar-refractivity contribution in [1.29, 1.82) is 0 Å². The molecule has 0 aliphatic heterocycles. The highest BCUT2D eigenvalue weighted by molar-refractivity contribution is 7.92. The molecule has 0 spiro atoms. The number of rotatable bonds is 8. The maximum atomic E-state index is 13.4. The number of nitrogens with zero attached hydrogens (tertiary/aromatic N) is 3. The van der Waals surface area contributed by atoms with Crippen molar-refractivity contribution in [2.45, 2.75) is 31.7 Å². The molecule has 158 valence electrons. The van der Waals surface area contributed by atoms with Gasteiger partial charge in [0.15, 0.2) is 0 Å². The summed E-state index contributed by atoms with van der Waals surface area (Å²) in [5.74, 6) is 0.0407. The number of nitrogens with one attached hydrogen (secondary N) is 2. The smallest absolute Gasteiger partial charge is 0.261 e. The maximum Gasteiger partial charge on any atom is 0.261 e. The first-order chi connectivity index (χ1) is 14.3. The number of benzene rings is 2. The Bertz CT molecular complexity index is 1140. The van der Waals surface area contributed by atoms with Crippen molar-refractivity contribution in [3.63, 3.8) is 0 Å². The van der Waals surface area contributed by atoms with E-state index in [0.717, 1.165) is 18.4 Å². The minimum Gasteiger partial charge on any atom is -0.352 e. The van der Waals surface area contributed by atoms with Crippen LogP contribution >= 0.6 is 0 Å². The van der Waals surface area contributed by atoms with E-state index in [1.54, 1.807) is 6.33 Å². The van der Waals surface area contributed by atoms with Gasteiger partial charge in [-0.25, -0.2) is 12.8 Å². The molecule has 0 atom stereocenters. The number of amides is 1. The van der Waals surface area contributed by atoms with Crippen LogP contribution in [0.2, 0.25) is 0 Å². The van der Waals surface area contributed by atoms with Gasteiger partial charge in [0.2, 0.25) is 0 Å². The van der Waals surface area contributed by atoms with Crippen LogP contribution in [0, 0.1) is 12.7 Å². The number of carbonyl (C=O) groups excluding carboxylic acids is 1. The molecule has 0 saturated heterocycles. The van der Waals surface area contributed by atoms with Crippen LogP contribution in [0.15, 0.2) is 53.7 Å². The molecule has 3 rings (SSSR count). The summed E-state index contributed by atoms with van der Waals surface area (Å²) in [4.78, 5) is 12.2. The summed E-state index contributed by atoms with van der Waals surface area (Å²) in [7, 11) is -3.86. The third-order valence-electron chi connectivity index (χ3n) is 4.51. The minimum absolute atomic E-state index is 0.0388. The Labute approximate surface area is 174 Å². The predicted molar refractivity (Wildman–Crippen MR) is 110 cm³/mol. The third kappa shape index (κ3) is 5.01. The maximum absolute atomic E-state index is 13.4. The summed E-state index contributed by atoms with van der Waals surface area (Å²) in [5, 5.41) is 10.7. The van der Waals surface area contributed by atoms with Gasteiger partial charge >= 0.3 is 0 Å². The lowest BCUT2D eigenvalue weighted by molar-refractivity contribution is 0.0954. The van der Waals surface area contributed by atoms with Gasteiger partial charge in [0.25, 0.3) is 15.9 Å². The fraction of sp³-hybridized carbons (Fsp3) is 0.250. The molecule has 8 nitrogen and oxygen atoms in total. The zero-order chi connectivity index (χ0) is 21.7. The highest BCUT2D eigenvalue weighted by Crippen LogP contribution is 2.19. The molecule has 2 aromatic carbocycles. The van der Waals surface area contributed by atoms with E-state index in [0.29, 0.717) is 24.2 Å². The average molecular weight is 431 g/mol. The molecule has 0 bridgehead atoms. The molecule has 10 heteroatoms. The molecular formula is C20H22FN5O3S. The van der Waals surface area contributed by atoms with E-state index in [9.17, 15) is 17.6 Å². The van der Waals surface area contributed by atoms with Crippen molar-refractivity contribution in [2.75, 3.05) is 11.3 Å². The van der Waals surface area contributed by atoms with E-state index < -0.39 is 15.8 Å². The molecular weight excluding hydrogens is 409 g/mol. The summed E-state index contributed by atoms with van der Waals surface area (Å²) in [6.07, 6.45) is 2.19. The number of carbonyl (C=O) groups is 1. The molecule has 0 unspecified atom stereocenters. The summed E-state index contributed by atoms with van der Waals surface area (Å²) >= 11 is 0. The highest BCUT2D eigenvalue weighted by atomic mass is 32.2. The largest absolute Gasteiger partial charge is 0.352 e. The minimum atomic E-state index is -3.86. The van der Waals surface area contributed by atoms with Crippen molar-refractivity contribution in [2.24, 2.45) is 0 Å². The standard InChI is InChI=1S/C20H22FN5O3S/c1-3-26-13-23-24-19(26)10-11-22-20(27)15-4-6-16(7-5-15)25-30(28,29)17-8-9-18(21)14(2)12-17/h4-9,12-13,25H,3,10-11H2,1-2H3,(H,22,27). The van der Waals surface area contributed by atoms with Gasteiger partial charge in [-0.15, -0.1) is 10.2 Å². The van der Waals surface area contributed by atoms with Crippen LogP contribution in [0.25, 0.3) is 0 Å². The van der Waals surface area contributed by atoms with E-state index >= 15 is 0 Å². The quantitative estimate of drug-likeness (QED) is 0.570. The normalized spacial score (nSPS) is 11.3. The first-order valence-electron chi connectivity index (χ1n) is 9.34. The lowest BCUT2D eigenvalue weighted by atomic mass is 10.2. The SMILES string of the molecule is CCn1cnnc1CCNC(=O)c1ccc(NS(=O)(=O)c2ccc(F)c(C)c2)cc1. The van der Waals surface area contributed by atoms with Crippen LogP contribution in [-0.2, 0) is 23.0 Å². The topological polar surface area (TPSA) is 106 Å². The Morgan fingerprint density at radius 3 is 2.57 bits per heavy atom. The van der Waals surface area contributed by atoms with Gasteiger partial charge in [-0.05, 0) is 61.9 Å². The Kier molecular flexibility index (Phi) is 6.46. The lowest BCUT2D eigenvalue weighted by Crippen LogP contribution is -2.26. The number of halogens is 1. The zero-order valence-corrected chi connectivity index (χ0v) is 17.4. The van der Waals surface area contributed by atoms with E-state index in [-0.39, 0.29) is 16.4 Å². The lowest BCUT2D eigenvalue weighted by Gasteiger charge is -2.10. The number of hydrogen-bond acceptors (Lipinski definition) is 5. The second-order valence-electron chi connectivity index (χ2n) is 6.63. The van der Waals surface area contributed by atoms with Crippen LogP contribution in [0.4, 0.5) is 10.1 Å². The molecule has 1 aromatic heterocycles. The number of anilines is 1. The number of sulfonamides is 1. The van der Waals surface area contributed by atoms with Crippen molar-refractivity contribution in [3.05, 3.63) is 71.6 Å². The zero-order valence-electron chi connectivity index (χ0n) is 16.6. The second-order valence-corrected chi connectivity index (χ2v) is 8.32. The molecule has 0 aliphatic carbocycles. The molecule has 1 heterocycles. The van der Waals surface area contributed by atoms with Gasteiger partial charge in [0, 0.05) is 30.8 Å². The van der Waals surface area contributed by atoms with Crippen LogP contribution in [-0.4, -0.2) is 35.6 Å². The Hall–Kier alpha value is -3.27. The Balaban J connectivity index is 1.60. The van der Waals surface area contributed by atoms with Crippen LogP contribution in [0.5, 0.6) is 0 Å². The van der Waals surface area contributed by atoms with E-state index in [1.807, 2.05) is 11.5 Å². The summed E-state index contributed by atoms with van der Waals surface area (Å²) in [5.41, 5.74) is 0.930. The molecule has 0 fully saturated rings. The molecule has 0 radical (unpaired) electrons. The van der Waals surface area contributed by atoms with Crippen LogP contribution in [0.1, 0.15) is 28.7 Å². The van der Waals surface area contributed by atoms with E-state index in [1.165, 1.54) is 43.3 Å². The van der Waals surface area contributed by atoms with Crippen molar-refractivity contribution in [1.82, 2.24) is 20.1 Å². The summed E-state index contributed by atoms with van der Waals surface area (Å²) in [6.45, 7) is 4.63. The molecule has 2 N–H and O–H groups in total. The Morgan fingerprint density at radius 2 is 1.90 bits per heavy atom. The first-order valence-corrected chi connectivity index (χ1v) is 10.8. The monoisotopic (exact) mass is 431 g/mol. The average Bonchev–Trinajstić information content (AvgIpc) is 3.17. The number of hydrogen-bond donors (Lipinski definition) is 2. The molecule has 0 saturated carbocycles. The highest BCUT2D eigenvalue weighted by Gasteiger charge is 2.16. The first kappa shape index (κ1) is 21.4. The number of aryl methyl sites for hydroxylation is 2. The Morgan fingerprint density at radius 1 is 1.17 bits per heavy atom. The van der Waals surface area contributed by atoms with Crippen molar-refractivity contribution >= 4 is 21.6 Å². The summed E-state index contributed by atoms with van der Waals surface area (Å²) < 4.78 is 42.6.